The summed E-state index contributed by atoms with van der Waals surface area (Å²) in [7, 11) is 1.15. The van der Waals surface area contributed by atoms with Crippen molar-refractivity contribution in [2.75, 3.05) is 13.7 Å². The zero-order valence-corrected chi connectivity index (χ0v) is 16.0. The summed E-state index contributed by atoms with van der Waals surface area (Å²) in [5.41, 5.74) is 0.553. The summed E-state index contributed by atoms with van der Waals surface area (Å²) in [6.45, 7) is 7.12. The van der Waals surface area contributed by atoms with Crippen molar-refractivity contribution in [1.29, 1.82) is 0 Å². The zero-order valence-electron chi connectivity index (χ0n) is 16.0. The first kappa shape index (κ1) is 21.5. The molecule has 0 aromatic heterocycles. The van der Waals surface area contributed by atoms with Gasteiger partial charge in [0.2, 0.25) is 0 Å². The van der Waals surface area contributed by atoms with Crippen LogP contribution in [0.5, 0.6) is 0 Å². The van der Waals surface area contributed by atoms with E-state index >= 15 is 0 Å². The van der Waals surface area contributed by atoms with E-state index in [2.05, 4.69) is 23.6 Å². The van der Waals surface area contributed by atoms with Gasteiger partial charge in [0.05, 0.1) is 18.2 Å². The Balaban J connectivity index is 1.88. The van der Waals surface area contributed by atoms with E-state index in [0.717, 1.165) is 38.9 Å². The molecule has 0 radical (unpaired) electrons. The molecular weight excluding hydrogens is 355 g/mol. The van der Waals surface area contributed by atoms with Crippen molar-refractivity contribution in [3.05, 3.63) is 47.0 Å². The molecule has 2 unspecified atom stereocenters. The Bertz CT molecular complexity index is 670. The first-order chi connectivity index (χ1) is 12.7. The van der Waals surface area contributed by atoms with Crippen LogP contribution in [0.2, 0.25) is 0 Å². The quantitative estimate of drug-likeness (QED) is 0.392. The molecule has 1 aliphatic carbocycles. The molecule has 2 atom stereocenters. The molecule has 1 saturated carbocycles. The minimum absolute atomic E-state index is 0.0970. The number of esters is 1. The number of nitrogens with one attached hydrogen (secondary N) is 1. The second-order valence-corrected chi connectivity index (χ2v) is 7.55. The van der Waals surface area contributed by atoms with E-state index in [0.29, 0.717) is 18.4 Å². The van der Waals surface area contributed by atoms with Gasteiger partial charge in [-0.3, -0.25) is 0 Å². The molecule has 6 heteroatoms. The molecule has 27 heavy (non-hydrogen) atoms. The number of hydrogen-bond donors (Lipinski definition) is 1. The van der Waals surface area contributed by atoms with Gasteiger partial charge in [-0.1, -0.05) is 25.1 Å². The second-order valence-electron chi connectivity index (χ2n) is 7.55. The molecule has 0 heterocycles. The van der Waals surface area contributed by atoms with E-state index in [-0.39, 0.29) is 17.7 Å². The molecule has 2 rings (SSSR count). The van der Waals surface area contributed by atoms with Crippen molar-refractivity contribution in [3.63, 3.8) is 0 Å². The molecule has 1 aliphatic rings. The van der Waals surface area contributed by atoms with Crippen LogP contribution >= 0.6 is 0 Å². The van der Waals surface area contributed by atoms with E-state index in [1.54, 1.807) is 0 Å². The van der Waals surface area contributed by atoms with Gasteiger partial charge in [-0.2, -0.15) is 13.2 Å². The standard InChI is InChI=1S/C21H28F3NO2/c1-14-9-15(2)11-16(10-14)5-4-8-25-13-18-7-6-17(20(26)27-3)12-19(18)21(22,23)24/h6-7,12,15-16,25H,1,4-5,8-11,13H2,2-3H3. The Kier molecular flexibility index (Phi) is 7.48. The van der Waals surface area contributed by atoms with Crippen LogP contribution in [0.25, 0.3) is 0 Å². The van der Waals surface area contributed by atoms with E-state index in [1.807, 2.05) is 0 Å². The summed E-state index contributed by atoms with van der Waals surface area (Å²) >= 11 is 0. The topological polar surface area (TPSA) is 38.3 Å². The number of halogens is 3. The Morgan fingerprint density at radius 3 is 2.70 bits per heavy atom. The van der Waals surface area contributed by atoms with Gasteiger partial charge in [0.15, 0.2) is 0 Å². The van der Waals surface area contributed by atoms with Crippen LogP contribution < -0.4 is 5.32 Å². The van der Waals surface area contributed by atoms with Gasteiger partial charge >= 0.3 is 12.1 Å². The lowest BCUT2D eigenvalue weighted by molar-refractivity contribution is -0.138. The molecule has 0 spiro atoms. The van der Waals surface area contributed by atoms with Gasteiger partial charge in [-0.05, 0) is 68.2 Å². The highest BCUT2D eigenvalue weighted by Crippen LogP contribution is 2.34. The summed E-state index contributed by atoms with van der Waals surface area (Å²) in [4.78, 5) is 11.5. The molecule has 0 aliphatic heterocycles. The maximum absolute atomic E-state index is 13.3. The number of rotatable bonds is 7. The highest BCUT2D eigenvalue weighted by atomic mass is 19.4. The molecule has 0 amide bonds. The summed E-state index contributed by atoms with van der Waals surface area (Å²) in [6, 6.07) is 3.57. The number of methoxy groups -OCH3 is 1. The number of ether oxygens (including phenoxy) is 1. The Hall–Kier alpha value is -1.82. The third kappa shape index (κ3) is 6.38. The van der Waals surface area contributed by atoms with Gasteiger partial charge in [-0.25, -0.2) is 4.79 Å². The average Bonchev–Trinajstić information content (AvgIpc) is 2.59. The van der Waals surface area contributed by atoms with Crippen molar-refractivity contribution in [2.45, 2.75) is 51.7 Å². The van der Waals surface area contributed by atoms with Crippen LogP contribution in [-0.2, 0) is 17.5 Å². The van der Waals surface area contributed by atoms with Crippen molar-refractivity contribution in [2.24, 2.45) is 11.8 Å². The van der Waals surface area contributed by atoms with Gasteiger partial charge < -0.3 is 10.1 Å². The molecule has 1 aromatic carbocycles. The van der Waals surface area contributed by atoms with Crippen LogP contribution in [0.15, 0.2) is 30.4 Å². The fraction of sp³-hybridized carbons (Fsp3) is 0.571. The maximum atomic E-state index is 13.3. The molecule has 3 nitrogen and oxygen atoms in total. The summed E-state index contributed by atoms with van der Waals surface area (Å²) in [6.07, 6.45) is 0.843. The minimum Gasteiger partial charge on any atom is -0.465 e. The molecular formula is C21H28F3NO2. The van der Waals surface area contributed by atoms with Crippen LogP contribution in [0.3, 0.4) is 0 Å². The van der Waals surface area contributed by atoms with E-state index in [1.165, 1.54) is 24.1 Å². The molecule has 150 valence electrons. The van der Waals surface area contributed by atoms with E-state index < -0.39 is 17.7 Å². The molecule has 0 bridgehead atoms. The summed E-state index contributed by atoms with van der Waals surface area (Å²) in [5.74, 6) is 0.531. The first-order valence-electron chi connectivity index (χ1n) is 9.36. The van der Waals surface area contributed by atoms with Gasteiger partial charge in [0.1, 0.15) is 0 Å². The van der Waals surface area contributed by atoms with Crippen molar-refractivity contribution in [3.8, 4) is 0 Å². The normalized spacial score (nSPS) is 20.6. The van der Waals surface area contributed by atoms with Crippen LogP contribution in [0.4, 0.5) is 13.2 Å². The third-order valence-electron chi connectivity index (χ3n) is 5.07. The second kappa shape index (κ2) is 9.40. The lowest BCUT2D eigenvalue weighted by Crippen LogP contribution is -2.21. The molecule has 0 saturated heterocycles. The summed E-state index contributed by atoms with van der Waals surface area (Å²) in [5, 5.41) is 3.10. The van der Waals surface area contributed by atoms with Gasteiger partial charge in [-0.15, -0.1) is 0 Å². The first-order valence-corrected chi connectivity index (χ1v) is 9.36. The fourth-order valence-corrected chi connectivity index (χ4v) is 3.92. The van der Waals surface area contributed by atoms with Crippen LogP contribution in [0.1, 0.15) is 60.5 Å². The van der Waals surface area contributed by atoms with Crippen molar-refractivity contribution in [1.82, 2.24) is 5.32 Å². The number of alkyl halides is 3. The van der Waals surface area contributed by atoms with E-state index in [9.17, 15) is 18.0 Å². The highest BCUT2D eigenvalue weighted by Gasteiger charge is 2.34. The Labute approximate surface area is 159 Å². The lowest BCUT2D eigenvalue weighted by Gasteiger charge is -2.28. The smallest absolute Gasteiger partial charge is 0.416 e. The Morgan fingerprint density at radius 1 is 1.33 bits per heavy atom. The van der Waals surface area contributed by atoms with Gasteiger partial charge in [0.25, 0.3) is 0 Å². The molecule has 1 fully saturated rings. The number of hydrogen-bond acceptors (Lipinski definition) is 3. The monoisotopic (exact) mass is 383 g/mol. The van der Waals surface area contributed by atoms with Crippen LogP contribution in [-0.4, -0.2) is 19.6 Å². The van der Waals surface area contributed by atoms with Crippen molar-refractivity contribution < 1.29 is 22.7 Å². The number of carbonyl (C=O) groups is 1. The fourth-order valence-electron chi connectivity index (χ4n) is 3.92. The summed E-state index contributed by atoms with van der Waals surface area (Å²) < 4.78 is 44.4. The zero-order chi connectivity index (χ0) is 20.0. The van der Waals surface area contributed by atoms with Gasteiger partial charge in [0, 0.05) is 6.54 Å². The van der Waals surface area contributed by atoms with Crippen molar-refractivity contribution >= 4 is 5.97 Å². The Morgan fingerprint density at radius 2 is 2.07 bits per heavy atom. The lowest BCUT2D eigenvalue weighted by atomic mass is 9.78. The number of carbonyl (C=O) groups excluding carboxylic acids is 1. The maximum Gasteiger partial charge on any atom is 0.416 e. The number of allylic oxidation sites excluding steroid dienone is 1. The average molecular weight is 383 g/mol. The molecule has 1 N–H and O–H groups in total. The minimum atomic E-state index is -4.51. The predicted octanol–water partition coefficient (Wildman–Crippen LogP) is 5.35. The van der Waals surface area contributed by atoms with Crippen LogP contribution in [0, 0.1) is 11.8 Å². The number of benzene rings is 1. The predicted molar refractivity (Wildman–Crippen MR) is 99.4 cm³/mol. The largest absolute Gasteiger partial charge is 0.465 e. The van der Waals surface area contributed by atoms with E-state index in [4.69, 9.17) is 0 Å². The molecule has 1 aromatic rings. The SMILES string of the molecule is C=C1CC(C)CC(CCCNCc2ccc(C(=O)OC)cc2C(F)(F)F)C1. The third-order valence-corrected chi connectivity index (χ3v) is 5.07. The highest BCUT2D eigenvalue weighted by molar-refractivity contribution is 5.89.